The lowest BCUT2D eigenvalue weighted by molar-refractivity contribution is 0.685. The van der Waals surface area contributed by atoms with Gasteiger partial charge in [-0.05, 0) is 59.1 Å². The van der Waals surface area contributed by atoms with E-state index >= 15 is 0 Å². The number of thioether (sulfide) groups is 1. The molecule has 0 aromatic heterocycles. The molecule has 0 spiro atoms. The average molecular weight is 286 g/mol. The van der Waals surface area contributed by atoms with Gasteiger partial charge in [-0.15, -0.1) is 0 Å². The molecule has 1 aliphatic rings. The topological polar surface area (TPSA) is 12.0 Å². The Balaban J connectivity index is 2.03. The quantitative estimate of drug-likeness (QED) is 0.879. The fourth-order valence-electron chi connectivity index (χ4n) is 1.81. The molecule has 82 valence electrons. The second kappa shape index (κ2) is 5.26. The largest absolute Gasteiger partial charge is 0.381 e. The van der Waals surface area contributed by atoms with Crippen LogP contribution in [0.15, 0.2) is 22.7 Å². The third-order valence-corrected chi connectivity index (χ3v) is 4.52. The van der Waals surface area contributed by atoms with Crippen molar-refractivity contribution in [2.24, 2.45) is 0 Å². The van der Waals surface area contributed by atoms with Crippen LogP contribution in [0.1, 0.15) is 18.4 Å². The summed E-state index contributed by atoms with van der Waals surface area (Å²) >= 11 is 5.66. The average Bonchev–Trinajstić information content (AvgIpc) is 2.24. The van der Waals surface area contributed by atoms with Gasteiger partial charge >= 0.3 is 0 Å². The number of aryl methyl sites for hydroxylation is 1. The summed E-state index contributed by atoms with van der Waals surface area (Å²) in [5.41, 5.74) is 2.53. The van der Waals surface area contributed by atoms with E-state index in [1.165, 1.54) is 40.1 Å². The molecule has 1 heterocycles. The first-order valence-electron chi connectivity index (χ1n) is 5.36. The lowest BCUT2D eigenvalue weighted by Gasteiger charge is -2.24. The zero-order chi connectivity index (χ0) is 10.7. The van der Waals surface area contributed by atoms with Crippen LogP contribution < -0.4 is 5.32 Å². The van der Waals surface area contributed by atoms with Crippen molar-refractivity contribution < 1.29 is 0 Å². The van der Waals surface area contributed by atoms with Gasteiger partial charge in [0.05, 0.1) is 0 Å². The van der Waals surface area contributed by atoms with E-state index in [0.29, 0.717) is 6.04 Å². The van der Waals surface area contributed by atoms with Crippen LogP contribution in [0.5, 0.6) is 0 Å². The van der Waals surface area contributed by atoms with Crippen LogP contribution in [-0.2, 0) is 0 Å². The normalized spacial score (nSPS) is 21.3. The van der Waals surface area contributed by atoms with Gasteiger partial charge in [0.2, 0.25) is 0 Å². The van der Waals surface area contributed by atoms with Gasteiger partial charge in [-0.3, -0.25) is 0 Å². The summed E-state index contributed by atoms with van der Waals surface area (Å²) in [7, 11) is 0. The second-order valence-electron chi connectivity index (χ2n) is 4.04. The smallest absolute Gasteiger partial charge is 0.0487 e. The van der Waals surface area contributed by atoms with E-state index in [4.69, 9.17) is 0 Å². The van der Waals surface area contributed by atoms with Gasteiger partial charge < -0.3 is 5.32 Å². The van der Waals surface area contributed by atoms with Crippen molar-refractivity contribution in [1.29, 1.82) is 0 Å². The van der Waals surface area contributed by atoms with Crippen LogP contribution in [0.3, 0.4) is 0 Å². The lowest BCUT2D eigenvalue weighted by atomic mass is 10.1. The fourth-order valence-corrected chi connectivity index (χ4v) is 3.49. The van der Waals surface area contributed by atoms with Gasteiger partial charge in [0.15, 0.2) is 0 Å². The second-order valence-corrected chi connectivity index (χ2v) is 6.05. The zero-order valence-corrected chi connectivity index (χ0v) is 11.3. The molecule has 1 nitrogen and oxygen atoms in total. The summed E-state index contributed by atoms with van der Waals surface area (Å²) < 4.78 is 1.18. The predicted octanol–water partition coefficient (Wildman–Crippen LogP) is 4.07. The summed E-state index contributed by atoms with van der Waals surface area (Å²) in [6.07, 6.45) is 2.64. The van der Waals surface area contributed by atoms with Gasteiger partial charge in [-0.25, -0.2) is 0 Å². The van der Waals surface area contributed by atoms with Crippen molar-refractivity contribution in [2.45, 2.75) is 25.8 Å². The SMILES string of the molecule is Cc1ccc(NC2CCCSC2)c(Br)c1. The van der Waals surface area contributed by atoms with Gasteiger partial charge in [-0.2, -0.15) is 11.8 Å². The summed E-state index contributed by atoms with van der Waals surface area (Å²) in [5.74, 6) is 2.56. The molecule has 2 rings (SSSR count). The van der Waals surface area contributed by atoms with Crippen molar-refractivity contribution >= 4 is 33.4 Å². The zero-order valence-electron chi connectivity index (χ0n) is 8.92. The van der Waals surface area contributed by atoms with Crippen LogP contribution in [-0.4, -0.2) is 17.5 Å². The lowest BCUT2D eigenvalue weighted by Crippen LogP contribution is -2.25. The summed E-state index contributed by atoms with van der Waals surface area (Å²) in [4.78, 5) is 0. The number of anilines is 1. The Morgan fingerprint density at radius 3 is 3.00 bits per heavy atom. The molecule has 1 N–H and O–H groups in total. The molecule has 0 amide bonds. The Kier molecular flexibility index (Phi) is 3.98. The highest BCUT2D eigenvalue weighted by Crippen LogP contribution is 2.27. The van der Waals surface area contributed by atoms with Crippen molar-refractivity contribution in [2.75, 3.05) is 16.8 Å². The van der Waals surface area contributed by atoms with Crippen LogP contribution in [0.25, 0.3) is 0 Å². The number of hydrogen-bond donors (Lipinski definition) is 1. The fraction of sp³-hybridized carbons (Fsp3) is 0.500. The van der Waals surface area contributed by atoms with Gasteiger partial charge in [-0.1, -0.05) is 6.07 Å². The number of nitrogens with one attached hydrogen (secondary N) is 1. The molecular weight excluding hydrogens is 270 g/mol. The Labute approximate surface area is 104 Å². The highest BCUT2D eigenvalue weighted by atomic mass is 79.9. The molecule has 0 aliphatic carbocycles. The van der Waals surface area contributed by atoms with Crippen LogP contribution in [0.4, 0.5) is 5.69 Å². The molecule has 15 heavy (non-hydrogen) atoms. The first-order valence-corrected chi connectivity index (χ1v) is 7.31. The predicted molar refractivity (Wildman–Crippen MR) is 72.8 cm³/mol. The van der Waals surface area contributed by atoms with E-state index < -0.39 is 0 Å². The number of halogens is 1. The summed E-state index contributed by atoms with van der Waals surface area (Å²) in [6.45, 7) is 2.12. The molecule has 0 radical (unpaired) electrons. The molecule has 0 saturated carbocycles. The molecule has 1 aromatic carbocycles. The Morgan fingerprint density at radius 2 is 2.33 bits per heavy atom. The Hall–Kier alpha value is -0.150. The maximum atomic E-state index is 3.61. The molecule has 0 bridgehead atoms. The molecular formula is C12H16BrNS. The Bertz CT molecular complexity index is 334. The van der Waals surface area contributed by atoms with E-state index in [1.54, 1.807) is 0 Å². The van der Waals surface area contributed by atoms with Gasteiger partial charge in [0, 0.05) is 22.0 Å². The van der Waals surface area contributed by atoms with Crippen LogP contribution >= 0.6 is 27.7 Å². The van der Waals surface area contributed by atoms with Crippen molar-refractivity contribution in [3.63, 3.8) is 0 Å². The molecule has 1 aliphatic heterocycles. The standard InChI is InChI=1S/C12H16BrNS/c1-9-4-5-12(11(13)7-9)14-10-3-2-6-15-8-10/h4-5,7,10,14H,2-3,6,8H2,1H3. The maximum absolute atomic E-state index is 3.61. The summed E-state index contributed by atoms with van der Waals surface area (Å²) in [5, 5.41) is 3.61. The van der Waals surface area contributed by atoms with E-state index in [9.17, 15) is 0 Å². The minimum atomic E-state index is 0.641. The summed E-state index contributed by atoms with van der Waals surface area (Å²) in [6, 6.07) is 7.13. The highest BCUT2D eigenvalue weighted by Gasteiger charge is 2.14. The third kappa shape index (κ3) is 3.15. The van der Waals surface area contributed by atoms with E-state index in [2.05, 4.69) is 58.1 Å². The van der Waals surface area contributed by atoms with E-state index in [0.717, 1.165) is 0 Å². The highest BCUT2D eigenvalue weighted by molar-refractivity contribution is 9.10. The van der Waals surface area contributed by atoms with Crippen LogP contribution in [0, 0.1) is 6.92 Å². The molecule has 1 saturated heterocycles. The minimum Gasteiger partial charge on any atom is -0.381 e. The van der Waals surface area contributed by atoms with Crippen molar-refractivity contribution in [3.8, 4) is 0 Å². The molecule has 1 fully saturated rings. The van der Waals surface area contributed by atoms with E-state index in [1.807, 2.05) is 0 Å². The molecule has 1 aromatic rings. The minimum absolute atomic E-state index is 0.641. The maximum Gasteiger partial charge on any atom is 0.0487 e. The molecule has 1 atom stereocenters. The van der Waals surface area contributed by atoms with Crippen LogP contribution in [0.2, 0.25) is 0 Å². The first kappa shape index (κ1) is 11.3. The molecule has 1 unspecified atom stereocenters. The van der Waals surface area contributed by atoms with E-state index in [-0.39, 0.29) is 0 Å². The molecule has 3 heteroatoms. The van der Waals surface area contributed by atoms with Crippen molar-refractivity contribution in [3.05, 3.63) is 28.2 Å². The third-order valence-electron chi connectivity index (χ3n) is 2.64. The monoisotopic (exact) mass is 285 g/mol. The number of hydrogen-bond acceptors (Lipinski definition) is 2. The van der Waals surface area contributed by atoms with Gasteiger partial charge in [0.1, 0.15) is 0 Å². The number of benzene rings is 1. The first-order chi connectivity index (χ1) is 7.25. The van der Waals surface area contributed by atoms with Crippen molar-refractivity contribution in [1.82, 2.24) is 0 Å². The van der Waals surface area contributed by atoms with Gasteiger partial charge in [0.25, 0.3) is 0 Å². The Morgan fingerprint density at radius 1 is 1.47 bits per heavy atom. The number of rotatable bonds is 2.